The van der Waals surface area contributed by atoms with Gasteiger partial charge in [0.05, 0.1) is 21.7 Å². The van der Waals surface area contributed by atoms with E-state index in [1.807, 2.05) is 13.8 Å². The van der Waals surface area contributed by atoms with Crippen molar-refractivity contribution < 1.29 is 4.92 Å². The number of hydrogen-bond donors (Lipinski definition) is 1. The van der Waals surface area contributed by atoms with Crippen molar-refractivity contribution in [1.29, 1.82) is 0 Å². The van der Waals surface area contributed by atoms with Gasteiger partial charge < -0.3 is 15.3 Å². The van der Waals surface area contributed by atoms with E-state index in [-0.39, 0.29) is 17.1 Å². The van der Waals surface area contributed by atoms with Crippen molar-refractivity contribution in [3.05, 3.63) is 62.2 Å². The Balaban J connectivity index is 2.17. The number of nitrogens with one attached hydrogen (secondary N) is 1. The third kappa shape index (κ3) is 2.49. The first-order chi connectivity index (χ1) is 10.9. The fourth-order valence-electron chi connectivity index (χ4n) is 2.44. The third-order valence-electron chi connectivity index (χ3n) is 3.78. The van der Waals surface area contributed by atoms with Crippen LogP contribution in [0.25, 0.3) is 10.9 Å². The van der Waals surface area contributed by atoms with E-state index < -0.39 is 4.92 Å². The summed E-state index contributed by atoms with van der Waals surface area (Å²) in [6, 6.07) is 4.32. The van der Waals surface area contributed by atoms with E-state index in [9.17, 15) is 15.3 Å². The van der Waals surface area contributed by atoms with Crippen LogP contribution < -0.4 is 5.06 Å². The Bertz CT molecular complexity index is 922. The molecular formula is C15H12ClN4O3-. The predicted molar refractivity (Wildman–Crippen MR) is 89.2 cm³/mol. The van der Waals surface area contributed by atoms with E-state index in [1.165, 1.54) is 24.5 Å². The lowest BCUT2D eigenvalue weighted by Gasteiger charge is -2.30. The highest BCUT2D eigenvalue weighted by Crippen LogP contribution is 2.37. The van der Waals surface area contributed by atoms with Crippen molar-refractivity contribution >= 4 is 39.6 Å². The largest absolute Gasteiger partial charge is 0.754 e. The van der Waals surface area contributed by atoms with Crippen molar-refractivity contribution in [2.45, 2.75) is 13.8 Å². The van der Waals surface area contributed by atoms with E-state index in [2.05, 4.69) is 9.97 Å². The summed E-state index contributed by atoms with van der Waals surface area (Å²) in [5.74, 6) is 0. The highest BCUT2D eigenvalue weighted by atomic mass is 35.5. The van der Waals surface area contributed by atoms with E-state index in [1.54, 1.807) is 6.07 Å². The summed E-state index contributed by atoms with van der Waals surface area (Å²) in [6.45, 7) is 3.82. The topological polar surface area (TPSA) is 98.1 Å². The Morgan fingerprint density at radius 1 is 1.35 bits per heavy atom. The maximum Gasteiger partial charge on any atom is 0.295 e. The number of halogens is 1. The smallest absolute Gasteiger partial charge is 0.295 e. The minimum absolute atomic E-state index is 0.141. The lowest BCUT2D eigenvalue weighted by atomic mass is 10.1. The van der Waals surface area contributed by atoms with Gasteiger partial charge in [0.15, 0.2) is 0 Å². The molecule has 0 radical (unpaired) electrons. The zero-order valence-corrected chi connectivity index (χ0v) is 13.1. The first kappa shape index (κ1) is 15.3. The van der Waals surface area contributed by atoms with Crippen molar-refractivity contribution in [3.8, 4) is 0 Å². The molecule has 23 heavy (non-hydrogen) atoms. The minimum Gasteiger partial charge on any atom is -0.754 e. The number of benzene rings is 1. The average molecular weight is 332 g/mol. The normalized spacial score (nSPS) is 11.0. The van der Waals surface area contributed by atoms with Gasteiger partial charge in [-0.15, -0.1) is 0 Å². The summed E-state index contributed by atoms with van der Waals surface area (Å²) in [6.07, 6.45) is 2.43. The van der Waals surface area contributed by atoms with E-state index in [0.717, 1.165) is 22.2 Å². The number of aromatic nitrogens is 2. The molecule has 0 atom stereocenters. The molecule has 1 aromatic carbocycles. The van der Waals surface area contributed by atoms with Gasteiger partial charge in [0.1, 0.15) is 5.69 Å². The molecule has 0 unspecified atom stereocenters. The molecule has 0 spiro atoms. The highest BCUT2D eigenvalue weighted by Gasteiger charge is 2.17. The number of aryl methyl sites for hydroxylation is 2. The number of nitrogens with zero attached hydrogens (tertiary/aromatic N) is 3. The summed E-state index contributed by atoms with van der Waals surface area (Å²) >= 11 is 6.24. The Morgan fingerprint density at radius 2 is 2.09 bits per heavy atom. The van der Waals surface area contributed by atoms with Crippen LogP contribution in [0.15, 0.2) is 30.6 Å². The number of pyridine rings is 1. The molecule has 0 amide bonds. The third-order valence-corrected chi connectivity index (χ3v) is 4.08. The standard InChI is InChI=1S/C15H12ClN4O3/c1-8-9(2)18-15-11(8)5-10(6-12(15)16)19(21)14-7-17-4-3-13(14)20(22)23/h3-7,18H,1-2H3/q-1. The molecule has 0 saturated heterocycles. The zero-order chi connectivity index (χ0) is 16.7. The molecule has 0 bridgehead atoms. The van der Waals surface area contributed by atoms with Crippen LogP contribution in [0.5, 0.6) is 0 Å². The lowest BCUT2D eigenvalue weighted by molar-refractivity contribution is -0.384. The first-order valence-electron chi connectivity index (χ1n) is 6.74. The molecule has 0 saturated carbocycles. The number of rotatable bonds is 3. The highest BCUT2D eigenvalue weighted by molar-refractivity contribution is 6.35. The zero-order valence-electron chi connectivity index (χ0n) is 12.3. The summed E-state index contributed by atoms with van der Waals surface area (Å²) in [7, 11) is 0. The predicted octanol–water partition coefficient (Wildman–Crippen LogP) is 4.38. The molecule has 3 aromatic rings. The molecule has 7 nitrogen and oxygen atoms in total. The number of hydrogen-bond acceptors (Lipinski definition) is 5. The summed E-state index contributed by atoms with van der Waals surface area (Å²) in [5, 5.41) is 25.3. The van der Waals surface area contributed by atoms with Gasteiger partial charge in [0.25, 0.3) is 5.69 Å². The van der Waals surface area contributed by atoms with Gasteiger partial charge in [0, 0.05) is 29.0 Å². The minimum atomic E-state index is -0.617. The van der Waals surface area contributed by atoms with E-state index in [4.69, 9.17) is 11.6 Å². The molecular weight excluding hydrogens is 320 g/mol. The fraction of sp³-hybridized carbons (Fsp3) is 0.133. The van der Waals surface area contributed by atoms with Crippen LogP contribution in [0.3, 0.4) is 0 Å². The monoisotopic (exact) mass is 331 g/mol. The molecule has 3 rings (SSSR count). The molecule has 2 heterocycles. The van der Waals surface area contributed by atoms with Gasteiger partial charge in [-0.1, -0.05) is 11.6 Å². The average Bonchev–Trinajstić information content (AvgIpc) is 2.82. The molecule has 118 valence electrons. The van der Waals surface area contributed by atoms with Crippen molar-refractivity contribution in [1.82, 2.24) is 9.97 Å². The Labute approximate surface area is 136 Å². The van der Waals surface area contributed by atoms with Crippen LogP contribution in [-0.4, -0.2) is 14.9 Å². The SMILES string of the molecule is Cc1[nH]c2c(Cl)cc(N([O-])c3cnccc3[N+](=O)[O-])cc2c1C. The Hall–Kier alpha value is -2.64. The molecule has 0 fully saturated rings. The van der Waals surface area contributed by atoms with Gasteiger partial charge in [-0.3, -0.25) is 15.1 Å². The molecule has 0 aliphatic rings. The summed E-state index contributed by atoms with van der Waals surface area (Å²) in [5.41, 5.74) is 2.41. The number of aromatic amines is 1. The van der Waals surface area contributed by atoms with Crippen LogP contribution in [0.4, 0.5) is 17.1 Å². The second-order valence-corrected chi connectivity index (χ2v) is 5.55. The number of nitro groups is 1. The van der Waals surface area contributed by atoms with Crippen LogP contribution in [0.1, 0.15) is 11.3 Å². The van der Waals surface area contributed by atoms with Gasteiger partial charge in [-0.2, -0.15) is 0 Å². The molecule has 2 aromatic heterocycles. The maximum atomic E-state index is 12.6. The van der Waals surface area contributed by atoms with Crippen molar-refractivity contribution in [2.75, 3.05) is 5.06 Å². The Morgan fingerprint density at radius 3 is 2.78 bits per heavy atom. The number of H-pyrrole nitrogens is 1. The molecule has 0 aliphatic carbocycles. The van der Waals surface area contributed by atoms with E-state index in [0.29, 0.717) is 10.1 Å². The Kier molecular flexibility index (Phi) is 3.67. The molecule has 8 heteroatoms. The molecule has 1 N–H and O–H groups in total. The second kappa shape index (κ2) is 5.53. The van der Waals surface area contributed by atoms with Crippen molar-refractivity contribution in [2.24, 2.45) is 0 Å². The van der Waals surface area contributed by atoms with Crippen LogP contribution in [-0.2, 0) is 0 Å². The van der Waals surface area contributed by atoms with Crippen LogP contribution in [0, 0.1) is 29.2 Å². The van der Waals surface area contributed by atoms with Gasteiger partial charge in [0.2, 0.25) is 0 Å². The van der Waals surface area contributed by atoms with Crippen LogP contribution in [0.2, 0.25) is 5.02 Å². The van der Waals surface area contributed by atoms with E-state index >= 15 is 0 Å². The van der Waals surface area contributed by atoms with Gasteiger partial charge in [-0.25, -0.2) is 0 Å². The number of fused-ring (bicyclic) bond motifs is 1. The number of anilines is 2. The van der Waals surface area contributed by atoms with Gasteiger partial charge in [-0.05, 0) is 31.5 Å². The summed E-state index contributed by atoms with van der Waals surface area (Å²) in [4.78, 5) is 17.4. The quantitative estimate of drug-likeness (QED) is 0.567. The lowest BCUT2D eigenvalue weighted by Crippen LogP contribution is -2.09. The maximum absolute atomic E-state index is 12.6. The summed E-state index contributed by atoms with van der Waals surface area (Å²) < 4.78 is 0. The second-order valence-electron chi connectivity index (χ2n) is 5.14. The van der Waals surface area contributed by atoms with Crippen LogP contribution >= 0.6 is 11.6 Å². The fourth-order valence-corrected chi connectivity index (χ4v) is 2.71. The molecule has 0 aliphatic heterocycles. The van der Waals surface area contributed by atoms with Crippen molar-refractivity contribution in [3.63, 3.8) is 0 Å². The van der Waals surface area contributed by atoms with Gasteiger partial charge >= 0.3 is 0 Å². The first-order valence-corrected chi connectivity index (χ1v) is 7.12.